The van der Waals surface area contributed by atoms with Crippen LogP contribution >= 0.6 is 0 Å². The number of nitriles is 1. The van der Waals surface area contributed by atoms with Crippen molar-refractivity contribution in [2.24, 2.45) is 0 Å². The minimum absolute atomic E-state index is 0.0831. The maximum Gasteiger partial charge on any atom is 0.306 e. The minimum Gasteiger partial charge on any atom is -0.504 e. The Morgan fingerprint density at radius 1 is 1.17 bits per heavy atom. The number of ether oxygens (including phenoxy) is 1. The Balaban J connectivity index is 2.04. The number of ketones is 1. The number of rotatable bonds is 6. The zero-order valence-electron chi connectivity index (χ0n) is 15.6. The summed E-state index contributed by atoms with van der Waals surface area (Å²) in [7, 11) is 0. The second-order valence-corrected chi connectivity index (χ2v) is 6.27. The Bertz CT molecular complexity index is 1150. The first-order valence-corrected chi connectivity index (χ1v) is 8.96. The van der Waals surface area contributed by atoms with Crippen molar-refractivity contribution in [3.05, 3.63) is 59.5 Å². The lowest BCUT2D eigenvalue weighted by Gasteiger charge is -2.10. The lowest BCUT2D eigenvalue weighted by molar-refractivity contribution is -0.143. The molecule has 3 aromatic rings. The van der Waals surface area contributed by atoms with E-state index in [0.29, 0.717) is 22.0 Å². The molecule has 2 aromatic carbocycles. The molecule has 0 aliphatic rings. The van der Waals surface area contributed by atoms with Crippen molar-refractivity contribution in [2.75, 3.05) is 6.61 Å². The van der Waals surface area contributed by atoms with Crippen LogP contribution in [0.2, 0.25) is 0 Å². The summed E-state index contributed by atoms with van der Waals surface area (Å²) in [4.78, 5) is 28.2. The molecule has 0 aliphatic carbocycles. The number of pyridine rings is 1. The molecule has 146 valence electrons. The summed E-state index contributed by atoms with van der Waals surface area (Å²) in [6.45, 7) is 1.86. The van der Waals surface area contributed by atoms with E-state index in [2.05, 4.69) is 4.98 Å². The summed E-state index contributed by atoms with van der Waals surface area (Å²) in [6, 6.07) is 12.8. The third-order valence-electron chi connectivity index (χ3n) is 4.36. The number of fused-ring (bicyclic) bond motifs is 1. The number of benzene rings is 2. The molecule has 0 saturated heterocycles. The highest BCUT2D eigenvalue weighted by atomic mass is 19.1. The van der Waals surface area contributed by atoms with E-state index >= 15 is 0 Å². The third-order valence-corrected chi connectivity index (χ3v) is 4.36. The van der Waals surface area contributed by atoms with Gasteiger partial charge in [-0.05, 0) is 36.2 Å². The molecular formula is C22H17FN2O4. The van der Waals surface area contributed by atoms with Crippen molar-refractivity contribution in [1.82, 2.24) is 4.98 Å². The summed E-state index contributed by atoms with van der Waals surface area (Å²) in [5, 5.41) is 20.2. The fraction of sp³-hybridized carbons (Fsp3) is 0.182. The molecule has 0 radical (unpaired) electrons. The molecule has 0 fully saturated rings. The maximum atomic E-state index is 13.5. The number of hydrogen-bond acceptors (Lipinski definition) is 6. The minimum atomic E-state index is -0.579. The summed E-state index contributed by atoms with van der Waals surface area (Å²) >= 11 is 0. The molecule has 1 heterocycles. The first-order valence-electron chi connectivity index (χ1n) is 8.96. The predicted molar refractivity (Wildman–Crippen MR) is 104 cm³/mol. The fourth-order valence-corrected chi connectivity index (χ4v) is 2.98. The highest BCUT2D eigenvalue weighted by Crippen LogP contribution is 2.32. The number of hydrogen-bond donors (Lipinski definition) is 1. The van der Waals surface area contributed by atoms with E-state index in [9.17, 15) is 24.3 Å². The number of esters is 1. The van der Waals surface area contributed by atoms with E-state index in [1.807, 2.05) is 6.07 Å². The smallest absolute Gasteiger partial charge is 0.306 e. The van der Waals surface area contributed by atoms with Crippen LogP contribution in [0.4, 0.5) is 4.39 Å². The van der Waals surface area contributed by atoms with E-state index in [1.165, 1.54) is 12.1 Å². The summed E-state index contributed by atoms with van der Waals surface area (Å²) in [5.41, 5.74) is 1.19. The largest absolute Gasteiger partial charge is 0.504 e. The number of aromatic hydroxyl groups is 1. The summed E-state index contributed by atoms with van der Waals surface area (Å²) < 4.78 is 18.3. The highest BCUT2D eigenvalue weighted by molar-refractivity contribution is 6.03. The van der Waals surface area contributed by atoms with Gasteiger partial charge in [-0.3, -0.25) is 9.59 Å². The van der Waals surface area contributed by atoms with E-state index in [0.717, 1.165) is 0 Å². The number of carbonyl (C=O) groups is 2. The molecule has 1 aromatic heterocycles. The molecule has 29 heavy (non-hydrogen) atoms. The zero-order chi connectivity index (χ0) is 21.0. The van der Waals surface area contributed by atoms with Gasteiger partial charge in [-0.25, -0.2) is 9.37 Å². The van der Waals surface area contributed by atoms with Crippen LogP contribution in [0, 0.1) is 17.1 Å². The van der Waals surface area contributed by atoms with Gasteiger partial charge < -0.3 is 9.84 Å². The van der Waals surface area contributed by atoms with Crippen LogP contribution in [0.15, 0.2) is 42.5 Å². The number of nitrogens with zero attached hydrogens (tertiary/aromatic N) is 2. The van der Waals surface area contributed by atoms with Gasteiger partial charge in [0.2, 0.25) is 0 Å². The average Bonchev–Trinajstić information content (AvgIpc) is 2.71. The molecular weight excluding hydrogens is 375 g/mol. The summed E-state index contributed by atoms with van der Waals surface area (Å²) in [6.07, 6.45) is -0.365. The Kier molecular flexibility index (Phi) is 5.84. The van der Waals surface area contributed by atoms with Gasteiger partial charge in [0.25, 0.3) is 0 Å². The van der Waals surface area contributed by atoms with E-state index in [-0.39, 0.29) is 30.7 Å². The van der Waals surface area contributed by atoms with Gasteiger partial charge in [0.1, 0.15) is 23.1 Å². The van der Waals surface area contributed by atoms with E-state index in [4.69, 9.17) is 4.74 Å². The van der Waals surface area contributed by atoms with Gasteiger partial charge in [0, 0.05) is 11.8 Å². The number of Topliss-reactive ketones (excluding diaryl/α,β-unsaturated/α-hetero) is 1. The van der Waals surface area contributed by atoms with Crippen LogP contribution < -0.4 is 0 Å². The van der Waals surface area contributed by atoms with Gasteiger partial charge >= 0.3 is 5.97 Å². The van der Waals surface area contributed by atoms with Gasteiger partial charge in [-0.15, -0.1) is 0 Å². The summed E-state index contributed by atoms with van der Waals surface area (Å²) in [5.74, 6) is -2.03. The Labute approximate surface area is 166 Å². The number of halogens is 1. The first kappa shape index (κ1) is 20.0. The molecule has 0 bridgehead atoms. The number of aromatic nitrogens is 1. The topological polar surface area (TPSA) is 100 Å². The predicted octanol–water partition coefficient (Wildman–Crippen LogP) is 4.14. The second-order valence-electron chi connectivity index (χ2n) is 6.27. The maximum absolute atomic E-state index is 13.5. The van der Waals surface area contributed by atoms with Crippen molar-refractivity contribution in [2.45, 2.75) is 19.8 Å². The van der Waals surface area contributed by atoms with Crippen LogP contribution in [0.1, 0.15) is 35.8 Å². The van der Waals surface area contributed by atoms with Gasteiger partial charge in [-0.1, -0.05) is 24.3 Å². The Morgan fingerprint density at radius 3 is 2.62 bits per heavy atom. The lowest BCUT2D eigenvalue weighted by Crippen LogP contribution is -2.10. The fourth-order valence-electron chi connectivity index (χ4n) is 2.98. The number of carbonyl (C=O) groups excluding carboxylic acids is 2. The van der Waals surface area contributed by atoms with Crippen molar-refractivity contribution < 1.29 is 23.8 Å². The monoisotopic (exact) mass is 392 g/mol. The van der Waals surface area contributed by atoms with Crippen molar-refractivity contribution in [3.8, 4) is 22.9 Å². The van der Waals surface area contributed by atoms with Crippen LogP contribution in [0.5, 0.6) is 5.75 Å². The van der Waals surface area contributed by atoms with Crippen molar-refractivity contribution >= 4 is 22.7 Å². The van der Waals surface area contributed by atoms with Crippen molar-refractivity contribution in [3.63, 3.8) is 0 Å². The van der Waals surface area contributed by atoms with Crippen LogP contribution in [0.25, 0.3) is 22.0 Å². The zero-order valence-corrected chi connectivity index (χ0v) is 15.6. The molecule has 3 rings (SSSR count). The quantitative estimate of drug-likeness (QED) is 0.500. The normalized spacial score (nSPS) is 10.5. The molecule has 0 atom stereocenters. The standard InChI is InChI=1S/C22H17FN2O4/c1-2-29-20(27)9-8-19(26)21-22(28)17(12-24)16-7-6-14(11-18(16)25-21)13-4-3-5-15(23)10-13/h3-7,10-11,28H,2,8-9H2,1H3. The highest BCUT2D eigenvalue weighted by Gasteiger charge is 2.21. The molecule has 1 N–H and O–H groups in total. The van der Waals surface area contributed by atoms with Crippen LogP contribution in [-0.4, -0.2) is 28.4 Å². The first-order chi connectivity index (χ1) is 13.9. The van der Waals surface area contributed by atoms with Gasteiger partial charge in [-0.2, -0.15) is 5.26 Å². The second kappa shape index (κ2) is 8.48. The van der Waals surface area contributed by atoms with Crippen molar-refractivity contribution in [1.29, 1.82) is 5.26 Å². The Hall–Kier alpha value is -3.79. The van der Waals surface area contributed by atoms with E-state index < -0.39 is 23.3 Å². The molecule has 0 saturated carbocycles. The van der Waals surface area contributed by atoms with Gasteiger partial charge in [0.15, 0.2) is 11.5 Å². The molecule has 6 nitrogen and oxygen atoms in total. The average molecular weight is 392 g/mol. The van der Waals surface area contributed by atoms with Gasteiger partial charge in [0.05, 0.1) is 18.5 Å². The molecule has 0 amide bonds. The lowest BCUT2D eigenvalue weighted by atomic mass is 9.99. The SMILES string of the molecule is CCOC(=O)CCC(=O)c1nc2cc(-c3cccc(F)c3)ccc2c(C#N)c1O. The van der Waals surface area contributed by atoms with Crippen LogP contribution in [-0.2, 0) is 9.53 Å². The molecule has 0 spiro atoms. The molecule has 7 heteroatoms. The van der Waals surface area contributed by atoms with Crippen LogP contribution in [0.3, 0.4) is 0 Å². The molecule has 0 aliphatic heterocycles. The molecule has 0 unspecified atom stereocenters. The third kappa shape index (κ3) is 4.22. The Morgan fingerprint density at radius 2 is 1.93 bits per heavy atom. The van der Waals surface area contributed by atoms with E-state index in [1.54, 1.807) is 37.3 Å².